The summed E-state index contributed by atoms with van der Waals surface area (Å²) in [5.41, 5.74) is -0.508. The highest BCUT2D eigenvalue weighted by Crippen LogP contribution is 2.33. The zero-order valence-corrected chi connectivity index (χ0v) is 13.8. The number of rotatable bonds is 5. The fourth-order valence-corrected chi connectivity index (χ4v) is 4.95. The molecule has 0 atom stereocenters. The molecule has 0 amide bonds. The van der Waals surface area contributed by atoms with Gasteiger partial charge in [0.25, 0.3) is 15.7 Å². The number of benzene rings is 1. The average molecular weight is 393 g/mol. The highest BCUT2D eigenvalue weighted by Gasteiger charge is 2.24. The van der Waals surface area contributed by atoms with Gasteiger partial charge in [-0.2, -0.15) is 0 Å². The van der Waals surface area contributed by atoms with E-state index in [0.29, 0.717) is 4.47 Å². The van der Waals surface area contributed by atoms with Gasteiger partial charge >= 0.3 is 0 Å². The monoisotopic (exact) mass is 392 g/mol. The number of ether oxygens (including phenoxy) is 1. The van der Waals surface area contributed by atoms with Crippen LogP contribution in [0, 0.1) is 10.1 Å². The second kappa shape index (κ2) is 6.00. The molecule has 2 aromatic rings. The van der Waals surface area contributed by atoms with E-state index in [1.54, 1.807) is 11.4 Å². The summed E-state index contributed by atoms with van der Waals surface area (Å²) in [6, 6.07) is 5.47. The van der Waals surface area contributed by atoms with Crippen molar-refractivity contribution in [2.24, 2.45) is 0 Å². The lowest BCUT2D eigenvalue weighted by molar-refractivity contribution is -0.384. The van der Waals surface area contributed by atoms with Crippen LogP contribution in [0.15, 0.2) is 38.3 Å². The Labute approximate surface area is 132 Å². The Bertz CT molecular complexity index is 788. The lowest BCUT2D eigenvalue weighted by Gasteiger charge is -2.08. The van der Waals surface area contributed by atoms with Crippen molar-refractivity contribution in [2.45, 2.75) is 4.21 Å². The number of nitro groups is 1. The van der Waals surface area contributed by atoms with Crippen molar-refractivity contribution in [1.82, 2.24) is 0 Å². The van der Waals surface area contributed by atoms with Gasteiger partial charge in [0.15, 0.2) is 4.21 Å². The van der Waals surface area contributed by atoms with Crippen LogP contribution in [0.1, 0.15) is 0 Å². The second-order valence-corrected chi connectivity index (χ2v) is 7.45. The molecule has 7 nitrogen and oxygen atoms in total. The lowest BCUT2D eigenvalue weighted by Crippen LogP contribution is -2.13. The Hall–Kier alpha value is -1.65. The minimum Gasteiger partial charge on any atom is -0.496 e. The Kier molecular flexibility index (Phi) is 4.49. The number of nitrogens with zero attached hydrogens (tertiary/aromatic N) is 1. The molecule has 0 radical (unpaired) electrons. The summed E-state index contributed by atoms with van der Waals surface area (Å²) < 4.78 is 32.0. The van der Waals surface area contributed by atoms with Crippen LogP contribution in [-0.4, -0.2) is 20.5 Å². The minimum absolute atomic E-state index is 0.0487. The van der Waals surface area contributed by atoms with E-state index >= 15 is 0 Å². The van der Waals surface area contributed by atoms with Crippen LogP contribution in [0.4, 0.5) is 11.4 Å². The van der Waals surface area contributed by atoms with Gasteiger partial charge in [0.2, 0.25) is 0 Å². The van der Waals surface area contributed by atoms with E-state index in [2.05, 4.69) is 20.7 Å². The highest BCUT2D eigenvalue weighted by atomic mass is 79.9. The van der Waals surface area contributed by atoms with Crippen molar-refractivity contribution >= 4 is 48.7 Å². The Morgan fingerprint density at radius 2 is 2.10 bits per heavy atom. The van der Waals surface area contributed by atoms with Gasteiger partial charge in [-0.05, 0) is 39.5 Å². The maximum atomic E-state index is 12.2. The molecule has 0 aliphatic heterocycles. The van der Waals surface area contributed by atoms with E-state index < -0.39 is 14.9 Å². The quantitative estimate of drug-likeness (QED) is 0.621. The number of thiophene rings is 1. The standard InChI is InChI=1S/C11H9BrN2O5S2/c1-19-7-2-3-9(10(6-7)14(15)16)13-21(17,18)11-8(12)4-5-20-11/h2-6,13H,1H3. The van der Waals surface area contributed by atoms with Crippen molar-refractivity contribution in [3.05, 3.63) is 44.2 Å². The number of nitro benzene ring substituents is 1. The molecular formula is C11H9BrN2O5S2. The van der Waals surface area contributed by atoms with E-state index in [-0.39, 0.29) is 21.3 Å². The van der Waals surface area contributed by atoms with Crippen LogP contribution in [-0.2, 0) is 10.0 Å². The molecular weight excluding hydrogens is 384 g/mol. The smallest absolute Gasteiger partial charge is 0.297 e. The third-order valence-electron chi connectivity index (χ3n) is 2.47. The van der Waals surface area contributed by atoms with Gasteiger partial charge in [0.05, 0.1) is 18.1 Å². The third-order valence-corrected chi connectivity index (χ3v) is 6.51. The molecule has 0 bridgehead atoms. The summed E-state index contributed by atoms with van der Waals surface area (Å²) in [6.45, 7) is 0. The van der Waals surface area contributed by atoms with Gasteiger partial charge in [-0.15, -0.1) is 11.3 Å². The minimum atomic E-state index is -3.90. The van der Waals surface area contributed by atoms with E-state index in [9.17, 15) is 18.5 Å². The number of hydrogen-bond acceptors (Lipinski definition) is 6. The number of hydrogen-bond donors (Lipinski definition) is 1. The molecule has 1 heterocycles. The van der Waals surface area contributed by atoms with Crippen LogP contribution in [0.5, 0.6) is 5.75 Å². The first kappa shape index (κ1) is 15.7. The fraction of sp³-hybridized carbons (Fsp3) is 0.0909. The molecule has 10 heteroatoms. The SMILES string of the molecule is COc1ccc(NS(=O)(=O)c2sccc2Br)c([N+](=O)[O-])c1. The Morgan fingerprint density at radius 1 is 1.38 bits per heavy atom. The summed E-state index contributed by atoms with van der Waals surface area (Å²) in [5.74, 6) is 0.266. The van der Waals surface area contributed by atoms with Gasteiger partial charge in [-0.3, -0.25) is 14.8 Å². The fourth-order valence-electron chi connectivity index (χ4n) is 1.54. The maximum Gasteiger partial charge on any atom is 0.297 e. The van der Waals surface area contributed by atoms with E-state index in [1.165, 1.54) is 19.2 Å². The van der Waals surface area contributed by atoms with Gasteiger partial charge in [-0.25, -0.2) is 8.42 Å². The molecule has 0 saturated heterocycles. The van der Waals surface area contributed by atoms with Crippen LogP contribution in [0.25, 0.3) is 0 Å². The first-order valence-electron chi connectivity index (χ1n) is 5.43. The largest absolute Gasteiger partial charge is 0.496 e. The molecule has 0 aliphatic carbocycles. The van der Waals surface area contributed by atoms with Gasteiger partial charge in [0.1, 0.15) is 11.4 Å². The van der Waals surface area contributed by atoms with Crippen LogP contribution < -0.4 is 9.46 Å². The number of sulfonamides is 1. The number of anilines is 1. The molecule has 0 fully saturated rings. The predicted molar refractivity (Wildman–Crippen MR) is 82.5 cm³/mol. The number of methoxy groups -OCH3 is 1. The molecule has 1 aromatic heterocycles. The topological polar surface area (TPSA) is 98.5 Å². The van der Waals surface area contributed by atoms with Crippen LogP contribution in [0.2, 0.25) is 0 Å². The number of halogens is 1. The molecule has 0 aliphatic rings. The molecule has 21 heavy (non-hydrogen) atoms. The number of nitrogens with one attached hydrogen (secondary N) is 1. The van der Waals surface area contributed by atoms with Crippen LogP contribution >= 0.6 is 27.3 Å². The van der Waals surface area contributed by atoms with Crippen molar-refractivity contribution in [2.75, 3.05) is 11.8 Å². The Morgan fingerprint density at radius 3 is 2.62 bits per heavy atom. The molecule has 0 unspecified atom stereocenters. The third kappa shape index (κ3) is 3.34. The van der Waals surface area contributed by atoms with Crippen molar-refractivity contribution in [1.29, 1.82) is 0 Å². The second-order valence-electron chi connectivity index (χ2n) is 3.80. The zero-order chi connectivity index (χ0) is 15.6. The van der Waals surface area contributed by atoms with Crippen molar-refractivity contribution < 1.29 is 18.1 Å². The average Bonchev–Trinajstić information content (AvgIpc) is 2.85. The predicted octanol–water partition coefficient (Wildman–Crippen LogP) is 3.23. The summed E-state index contributed by atoms with van der Waals surface area (Å²) >= 11 is 4.13. The van der Waals surface area contributed by atoms with Crippen molar-refractivity contribution in [3.8, 4) is 5.75 Å². The van der Waals surface area contributed by atoms with Gasteiger partial charge < -0.3 is 4.74 Å². The Balaban J connectivity index is 2.44. The molecule has 1 N–H and O–H groups in total. The summed E-state index contributed by atoms with van der Waals surface area (Å²) in [5, 5.41) is 12.6. The molecule has 0 saturated carbocycles. The molecule has 112 valence electrons. The van der Waals surface area contributed by atoms with Crippen LogP contribution in [0.3, 0.4) is 0 Å². The van der Waals surface area contributed by atoms with E-state index in [0.717, 1.165) is 17.4 Å². The lowest BCUT2D eigenvalue weighted by atomic mass is 10.2. The van der Waals surface area contributed by atoms with Gasteiger partial charge in [0, 0.05) is 4.47 Å². The zero-order valence-electron chi connectivity index (χ0n) is 10.6. The first-order valence-corrected chi connectivity index (χ1v) is 8.59. The normalized spacial score (nSPS) is 11.1. The van der Waals surface area contributed by atoms with Gasteiger partial charge in [-0.1, -0.05) is 0 Å². The van der Waals surface area contributed by atoms with Crippen molar-refractivity contribution in [3.63, 3.8) is 0 Å². The summed E-state index contributed by atoms with van der Waals surface area (Å²) in [4.78, 5) is 10.4. The molecule has 0 spiro atoms. The molecule has 1 aromatic carbocycles. The highest BCUT2D eigenvalue weighted by molar-refractivity contribution is 9.10. The van der Waals surface area contributed by atoms with E-state index in [4.69, 9.17) is 4.74 Å². The first-order chi connectivity index (χ1) is 9.85. The molecule has 2 rings (SSSR count). The van der Waals surface area contributed by atoms with E-state index in [1.807, 2.05) is 0 Å². The summed E-state index contributed by atoms with van der Waals surface area (Å²) in [6.07, 6.45) is 0. The maximum absolute atomic E-state index is 12.2. The summed E-state index contributed by atoms with van der Waals surface area (Å²) in [7, 11) is -2.53.